The molecule has 20 heavy (non-hydrogen) atoms. The third-order valence-corrected chi connectivity index (χ3v) is 4.00. The third-order valence-electron chi connectivity index (χ3n) is 3.13. The van der Waals surface area contributed by atoms with Crippen LogP contribution in [0.15, 0.2) is 29.8 Å². The largest absolute Gasteiger partial charge is 0.308 e. The lowest BCUT2D eigenvalue weighted by Crippen LogP contribution is -2.01. The van der Waals surface area contributed by atoms with E-state index < -0.39 is 0 Å². The van der Waals surface area contributed by atoms with Gasteiger partial charge in [0.2, 0.25) is 0 Å². The van der Waals surface area contributed by atoms with E-state index in [1.165, 1.54) is 0 Å². The minimum absolute atomic E-state index is 0.551. The van der Waals surface area contributed by atoms with E-state index >= 15 is 0 Å². The van der Waals surface area contributed by atoms with E-state index in [2.05, 4.69) is 27.8 Å². The predicted octanol–water partition coefficient (Wildman–Crippen LogP) is 3.77. The molecule has 3 aromatic rings. The lowest BCUT2D eigenvalue weighted by Gasteiger charge is -2.05. The van der Waals surface area contributed by atoms with Gasteiger partial charge in [0.05, 0.1) is 10.9 Å². The Morgan fingerprint density at radius 2 is 2.35 bits per heavy atom. The van der Waals surface area contributed by atoms with E-state index in [1.807, 2.05) is 24.6 Å². The Hall–Kier alpha value is -2.19. The van der Waals surface area contributed by atoms with Crippen molar-refractivity contribution < 1.29 is 0 Å². The molecule has 0 aliphatic rings. The first-order valence-electron chi connectivity index (χ1n) is 6.53. The van der Waals surface area contributed by atoms with Gasteiger partial charge in [-0.05, 0) is 36.4 Å². The van der Waals surface area contributed by atoms with E-state index in [9.17, 15) is 0 Å². The van der Waals surface area contributed by atoms with Gasteiger partial charge in [-0.2, -0.15) is 5.26 Å². The first kappa shape index (κ1) is 12.8. The summed E-state index contributed by atoms with van der Waals surface area (Å²) < 4.78 is 2.12. The van der Waals surface area contributed by atoms with Crippen molar-refractivity contribution in [1.82, 2.24) is 14.5 Å². The fourth-order valence-corrected chi connectivity index (χ4v) is 2.96. The zero-order valence-corrected chi connectivity index (χ0v) is 12.0. The Balaban J connectivity index is 2.12. The van der Waals surface area contributed by atoms with Gasteiger partial charge in [0.25, 0.3) is 0 Å². The van der Waals surface area contributed by atoms with Crippen LogP contribution >= 0.6 is 11.3 Å². The number of aromatic nitrogens is 3. The highest BCUT2D eigenvalue weighted by atomic mass is 32.1. The number of pyridine rings is 1. The smallest absolute Gasteiger partial charge is 0.160 e. The molecule has 0 aromatic carbocycles. The highest BCUT2D eigenvalue weighted by Crippen LogP contribution is 2.28. The molecule has 0 amide bonds. The summed E-state index contributed by atoms with van der Waals surface area (Å²) in [5.74, 6) is 0.950. The molecule has 0 fully saturated rings. The maximum absolute atomic E-state index is 8.71. The number of nitrogens with zero attached hydrogens (tertiary/aromatic N) is 4. The molecule has 0 aliphatic carbocycles. The topological polar surface area (TPSA) is 54.5 Å². The normalized spacial score (nSPS) is 10.8. The fraction of sp³-hybridized carbons (Fsp3) is 0.267. The number of fused-ring (bicyclic) bond motifs is 1. The summed E-state index contributed by atoms with van der Waals surface area (Å²) in [6.07, 6.45) is 3.23. The second-order valence-corrected chi connectivity index (χ2v) is 5.63. The van der Waals surface area contributed by atoms with Crippen molar-refractivity contribution >= 4 is 22.5 Å². The van der Waals surface area contributed by atoms with Gasteiger partial charge in [-0.25, -0.2) is 9.97 Å². The molecule has 0 radical (unpaired) electrons. The first-order valence-corrected chi connectivity index (χ1v) is 7.41. The van der Waals surface area contributed by atoms with Crippen molar-refractivity contribution in [3.63, 3.8) is 0 Å². The summed E-state index contributed by atoms with van der Waals surface area (Å²) in [5.41, 5.74) is 2.93. The van der Waals surface area contributed by atoms with Gasteiger partial charge >= 0.3 is 0 Å². The monoisotopic (exact) mass is 282 g/mol. The number of thiophene rings is 1. The molecule has 5 heteroatoms. The lowest BCUT2D eigenvalue weighted by molar-refractivity contribution is 0.671. The molecule has 0 bridgehead atoms. The van der Waals surface area contributed by atoms with Crippen LogP contribution in [0.1, 0.15) is 18.4 Å². The van der Waals surface area contributed by atoms with E-state index in [4.69, 9.17) is 10.2 Å². The average Bonchev–Trinajstić information content (AvgIpc) is 3.06. The van der Waals surface area contributed by atoms with Gasteiger partial charge in [0.1, 0.15) is 5.52 Å². The van der Waals surface area contributed by atoms with Gasteiger partial charge in [0.15, 0.2) is 11.5 Å². The van der Waals surface area contributed by atoms with Gasteiger partial charge in [-0.1, -0.05) is 6.07 Å². The van der Waals surface area contributed by atoms with Crippen LogP contribution in [-0.2, 0) is 6.54 Å². The molecule has 0 saturated carbocycles. The third kappa shape index (κ3) is 2.30. The number of aryl methyl sites for hydroxylation is 2. The van der Waals surface area contributed by atoms with E-state index in [0.29, 0.717) is 6.42 Å². The van der Waals surface area contributed by atoms with E-state index in [0.717, 1.165) is 40.4 Å². The number of rotatable bonds is 4. The van der Waals surface area contributed by atoms with Crippen LogP contribution in [0, 0.1) is 18.3 Å². The summed E-state index contributed by atoms with van der Waals surface area (Å²) in [5, 5.41) is 10.8. The summed E-state index contributed by atoms with van der Waals surface area (Å²) in [4.78, 5) is 10.4. The average molecular weight is 282 g/mol. The summed E-state index contributed by atoms with van der Waals surface area (Å²) >= 11 is 1.67. The van der Waals surface area contributed by atoms with Crippen molar-refractivity contribution in [2.45, 2.75) is 26.3 Å². The lowest BCUT2D eigenvalue weighted by atomic mass is 10.3. The number of unbranched alkanes of at least 4 members (excludes halogenated alkanes) is 1. The van der Waals surface area contributed by atoms with Gasteiger partial charge in [-0.3, -0.25) is 0 Å². The zero-order chi connectivity index (χ0) is 13.9. The molecule has 3 aromatic heterocycles. The molecule has 0 saturated heterocycles. The van der Waals surface area contributed by atoms with Crippen LogP contribution in [-0.4, -0.2) is 14.5 Å². The van der Waals surface area contributed by atoms with Crippen molar-refractivity contribution in [2.24, 2.45) is 0 Å². The minimum atomic E-state index is 0.551. The second-order valence-electron chi connectivity index (χ2n) is 4.68. The van der Waals surface area contributed by atoms with Crippen molar-refractivity contribution in [3.8, 4) is 16.8 Å². The molecule has 0 spiro atoms. The Bertz CT molecular complexity index is 765. The molecular weight excluding hydrogens is 268 g/mol. The molecule has 0 aliphatic heterocycles. The first-order chi connectivity index (χ1) is 9.79. The SMILES string of the molecule is Cc1cnc2c(c1)nc(-c1cccs1)n2CCCC#N. The molecule has 3 rings (SSSR count). The molecule has 0 atom stereocenters. The van der Waals surface area contributed by atoms with Gasteiger partial charge < -0.3 is 4.57 Å². The molecule has 3 heterocycles. The Morgan fingerprint density at radius 1 is 1.45 bits per heavy atom. The Labute approximate surface area is 121 Å². The minimum Gasteiger partial charge on any atom is -0.308 e. The number of nitriles is 1. The van der Waals surface area contributed by atoms with Crippen molar-refractivity contribution in [2.75, 3.05) is 0 Å². The molecule has 4 nitrogen and oxygen atoms in total. The summed E-state index contributed by atoms with van der Waals surface area (Å²) in [7, 11) is 0. The molecule has 0 N–H and O–H groups in total. The van der Waals surface area contributed by atoms with Gasteiger partial charge in [0, 0.05) is 19.2 Å². The summed E-state index contributed by atoms with van der Waals surface area (Å²) in [6, 6.07) is 8.34. The number of hydrogen-bond acceptors (Lipinski definition) is 4. The van der Waals surface area contributed by atoms with Crippen molar-refractivity contribution in [1.29, 1.82) is 5.26 Å². The van der Waals surface area contributed by atoms with Crippen LogP contribution in [0.2, 0.25) is 0 Å². The van der Waals surface area contributed by atoms with E-state index in [1.54, 1.807) is 11.3 Å². The molecule has 0 unspecified atom stereocenters. The second kappa shape index (κ2) is 5.43. The molecule has 100 valence electrons. The standard InChI is InChI=1S/C15H14N4S/c1-11-9-12-14(17-10-11)19(7-3-2-6-16)15(18-12)13-5-4-8-20-13/h4-5,8-10H,2-3,7H2,1H3. The van der Waals surface area contributed by atoms with E-state index in [-0.39, 0.29) is 0 Å². The van der Waals surface area contributed by atoms with Crippen LogP contribution in [0.5, 0.6) is 0 Å². The predicted molar refractivity (Wildman–Crippen MR) is 80.4 cm³/mol. The Kier molecular flexibility index (Phi) is 3.48. The van der Waals surface area contributed by atoms with Crippen LogP contribution in [0.3, 0.4) is 0 Å². The highest BCUT2D eigenvalue weighted by molar-refractivity contribution is 7.13. The quantitative estimate of drug-likeness (QED) is 0.684. The van der Waals surface area contributed by atoms with Gasteiger partial charge in [-0.15, -0.1) is 11.3 Å². The van der Waals surface area contributed by atoms with Crippen LogP contribution < -0.4 is 0 Å². The maximum Gasteiger partial charge on any atom is 0.160 e. The van der Waals surface area contributed by atoms with Crippen LogP contribution in [0.25, 0.3) is 21.9 Å². The Morgan fingerprint density at radius 3 is 3.10 bits per heavy atom. The number of hydrogen-bond donors (Lipinski definition) is 0. The fourth-order valence-electron chi connectivity index (χ4n) is 2.23. The zero-order valence-electron chi connectivity index (χ0n) is 11.2. The number of imidazole rings is 1. The highest BCUT2D eigenvalue weighted by Gasteiger charge is 2.14. The van der Waals surface area contributed by atoms with Crippen molar-refractivity contribution in [3.05, 3.63) is 35.3 Å². The summed E-state index contributed by atoms with van der Waals surface area (Å²) in [6.45, 7) is 2.79. The maximum atomic E-state index is 8.71. The van der Waals surface area contributed by atoms with Crippen LogP contribution in [0.4, 0.5) is 0 Å². The molecular formula is C15H14N4S.